The number of carboxylic acid groups (broad SMARTS) is 1. The molecular formula is C23H27N3O5. The van der Waals surface area contributed by atoms with Crippen LogP contribution in [0.3, 0.4) is 0 Å². The van der Waals surface area contributed by atoms with Crippen molar-refractivity contribution in [1.82, 2.24) is 10.2 Å². The van der Waals surface area contributed by atoms with E-state index in [0.29, 0.717) is 17.2 Å². The average Bonchev–Trinajstić information content (AvgIpc) is 3.16. The van der Waals surface area contributed by atoms with Crippen LogP contribution in [0.5, 0.6) is 11.5 Å². The van der Waals surface area contributed by atoms with E-state index in [2.05, 4.69) is 10.6 Å². The summed E-state index contributed by atoms with van der Waals surface area (Å²) in [5.41, 5.74) is 1.32. The van der Waals surface area contributed by atoms with E-state index < -0.39 is 12.0 Å². The van der Waals surface area contributed by atoms with Crippen LogP contribution in [0.25, 0.3) is 0 Å². The highest BCUT2D eigenvalue weighted by atomic mass is 16.5. The first-order valence-corrected chi connectivity index (χ1v) is 10.2. The molecular weight excluding hydrogens is 398 g/mol. The Labute approximate surface area is 181 Å². The fourth-order valence-electron chi connectivity index (χ4n) is 3.61. The molecule has 31 heavy (non-hydrogen) atoms. The highest BCUT2D eigenvalue weighted by Gasteiger charge is 2.30. The van der Waals surface area contributed by atoms with Gasteiger partial charge in [-0.15, -0.1) is 0 Å². The van der Waals surface area contributed by atoms with Crippen LogP contribution < -0.4 is 15.4 Å². The zero-order chi connectivity index (χ0) is 22.4. The lowest BCUT2D eigenvalue weighted by Crippen LogP contribution is -2.49. The highest BCUT2D eigenvalue weighted by Crippen LogP contribution is 2.29. The SMILES string of the molecule is CC(=O)Nc1ccccc1Oc1ccc(C[C@H](NC(=O)[C@@H]2CCCN2C)C(=O)O)cc1. The number of carbonyl (C=O) groups excluding carboxylic acids is 2. The minimum Gasteiger partial charge on any atom is -0.480 e. The molecule has 8 nitrogen and oxygen atoms in total. The Bertz CT molecular complexity index is 944. The number of anilines is 1. The molecule has 0 aliphatic carbocycles. The number of para-hydroxylation sites is 2. The smallest absolute Gasteiger partial charge is 0.326 e. The minimum atomic E-state index is -1.07. The molecule has 1 heterocycles. The Hall–Kier alpha value is -3.39. The predicted octanol–water partition coefficient (Wildman–Crippen LogP) is 2.64. The summed E-state index contributed by atoms with van der Waals surface area (Å²) in [4.78, 5) is 37.4. The van der Waals surface area contributed by atoms with Gasteiger partial charge in [0, 0.05) is 13.3 Å². The zero-order valence-corrected chi connectivity index (χ0v) is 17.6. The first-order chi connectivity index (χ1) is 14.8. The number of likely N-dealkylation sites (tertiary alicyclic amines) is 1. The fourth-order valence-corrected chi connectivity index (χ4v) is 3.61. The Morgan fingerprint density at radius 3 is 2.48 bits per heavy atom. The van der Waals surface area contributed by atoms with Crippen LogP contribution in [0.1, 0.15) is 25.3 Å². The van der Waals surface area contributed by atoms with E-state index in [0.717, 1.165) is 24.9 Å². The summed E-state index contributed by atoms with van der Waals surface area (Å²) in [5, 5.41) is 14.9. The molecule has 1 aliphatic rings. The van der Waals surface area contributed by atoms with Crippen molar-refractivity contribution in [3.63, 3.8) is 0 Å². The molecule has 1 fully saturated rings. The number of amides is 2. The summed E-state index contributed by atoms with van der Waals surface area (Å²) in [6.07, 6.45) is 1.83. The normalized spacial score (nSPS) is 17.0. The van der Waals surface area contributed by atoms with Gasteiger partial charge < -0.3 is 20.5 Å². The Balaban J connectivity index is 1.64. The molecule has 2 aromatic carbocycles. The van der Waals surface area contributed by atoms with Crippen molar-refractivity contribution in [2.75, 3.05) is 18.9 Å². The lowest BCUT2D eigenvalue weighted by molar-refractivity contribution is -0.142. The van der Waals surface area contributed by atoms with Crippen molar-refractivity contribution in [1.29, 1.82) is 0 Å². The number of carboxylic acids is 1. The second kappa shape index (κ2) is 10.1. The Morgan fingerprint density at radius 2 is 1.87 bits per heavy atom. The second-order valence-electron chi connectivity index (χ2n) is 7.67. The molecule has 2 aromatic rings. The lowest BCUT2D eigenvalue weighted by atomic mass is 10.0. The van der Waals surface area contributed by atoms with Gasteiger partial charge in [0.05, 0.1) is 11.7 Å². The molecule has 1 aliphatic heterocycles. The van der Waals surface area contributed by atoms with Crippen LogP contribution in [0.4, 0.5) is 5.69 Å². The van der Waals surface area contributed by atoms with Gasteiger partial charge in [-0.1, -0.05) is 24.3 Å². The summed E-state index contributed by atoms with van der Waals surface area (Å²) in [6, 6.07) is 12.8. The topological polar surface area (TPSA) is 108 Å². The number of nitrogens with one attached hydrogen (secondary N) is 2. The molecule has 0 spiro atoms. The molecule has 0 radical (unpaired) electrons. The fraction of sp³-hybridized carbons (Fsp3) is 0.348. The van der Waals surface area contributed by atoms with Crippen LogP contribution in [0.15, 0.2) is 48.5 Å². The summed E-state index contributed by atoms with van der Waals surface area (Å²) in [7, 11) is 1.87. The summed E-state index contributed by atoms with van der Waals surface area (Å²) >= 11 is 0. The molecule has 164 valence electrons. The first-order valence-electron chi connectivity index (χ1n) is 10.2. The lowest BCUT2D eigenvalue weighted by Gasteiger charge is -2.22. The third kappa shape index (κ3) is 6.05. The highest BCUT2D eigenvalue weighted by molar-refractivity contribution is 5.90. The van der Waals surface area contributed by atoms with Gasteiger partial charge in [0.1, 0.15) is 11.8 Å². The van der Waals surface area contributed by atoms with E-state index in [4.69, 9.17) is 4.74 Å². The van der Waals surface area contributed by atoms with Gasteiger partial charge in [-0.05, 0) is 56.3 Å². The monoisotopic (exact) mass is 425 g/mol. The van der Waals surface area contributed by atoms with Gasteiger partial charge in [0.2, 0.25) is 11.8 Å². The number of benzene rings is 2. The van der Waals surface area contributed by atoms with Gasteiger partial charge in [-0.25, -0.2) is 4.79 Å². The van der Waals surface area contributed by atoms with E-state index in [1.54, 1.807) is 48.5 Å². The Morgan fingerprint density at radius 1 is 1.16 bits per heavy atom. The molecule has 3 rings (SSSR count). The molecule has 0 bridgehead atoms. The maximum absolute atomic E-state index is 12.5. The first kappa shape index (κ1) is 22.3. The largest absolute Gasteiger partial charge is 0.480 e. The van der Waals surface area contributed by atoms with Crippen molar-refractivity contribution in [2.45, 2.75) is 38.3 Å². The van der Waals surface area contributed by atoms with E-state index in [1.807, 2.05) is 11.9 Å². The third-order valence-electron chi connectivity index (χ3n) is 5.23. The molecule has 0 saturated carbocycles. The second-order valence-corrected chi connectivity index (χ2v) is 7.67. The number of nitrogens with zero attached hydrogens (tertiary/aromatic N) is 1. The standard InChI is InChI=1S/C23H27N3O5/c1-15(27)24-18-6-3-4-8-21(18)31-17-11-9-16(10-12-17)14-19(23(29)30)25-22(28)20-7-5-13-26(20)2/h3-4,6,8-12,19-20H,5,7,13-14H2,1-2H3,(H,24,27)(H,25,28)(H,29,30)/t19-,20-/m0/s1. The maximum atomic E-state index is 12.5. The molecule has 1 saturated heterocycles. The molecule has 2 amide bonds. The van der Waals surface area contributed by atoms with Crippen molar-refractivity contribution in [3.8, 4) is 11.5 Å². The number of aliphatic carboxylic acids is 1. The summed E-state index contributed by atoms with van der Waals surface area (Å²) < 4.78 is 5.86. The number of hydrogen-bond acceptors (Lipinski definition) is 5. The number of carbonyl (C=O) groups is 3. The van der Waals surface area contributed by atoms with Gasteiger partial charge in [0.25, 0.3) is 0 Å². The van der Waals surface area contributed by atoms with Gasteiger partial charge in [-0.2, -0.15) is 0 Å². The average molecular weight is 425 g/mol. The van der Waals surface area contributed by atoms with E-state index in [1.165, 1.54) is 6.92 Å². The number of ether oxygens (including phenoxy) is 1. The summed E-state index contributed by atoms with van der Waals surface area (Å²) in [6.45, 7) is 2.26. The molecule has 0 unspecified atom stereocenters. The van der Waals surface area contributed by atoms with Crippen LogP contribution >= 0.6 is 0 Å². The quantitative estimate of drug-likeness (QED) is 0.600. The maximum Gasteiger partial charge on any atom is 0.326 e. The van der Waals surface area contributed by atoms with Crippen molar-refractivity contribution >= 4 is 23.5 Å². The van der Waals surface area contributed by atoms with E-state index in [-0.39, 0.29) is 24.3 Å². The number of likely N-dealkylation sites (N-methyl/N-ethyl adjacent to an activating group) is 1. The summed E-state index contributed by atoms with van der Waals surface area (Å²) in [5.74, 6) is -0.468. The van der Waals surface area contributed by atoms with Gasteiger partial charge in [-0.3, -0.25) is 14.5 Å². The van der Waals surface area contributed by atoms with Crippen molar-refractivity contribution < 1.29 is 24.2 Å². The van der Waals surface area contributed by atoms with Gasteiger partial charge >= 0.3 is 5.97 Å². The molecule has 0 aromatic heterocycles. The van der Waals surface area contributed by atoms with E-state index >= 15 is 0 Å². The van der Waals surface area contributed by atoms with Crippen LogP contribution in [-0.4, -0.2) is 53.5 Å². The van der Waals surface area contributed by atoms with Gasteiger partial charge in [0.15, 0.2) is 5.75 Å². The predicted molar refractivity (Wildman–Crippen MR) is 116 cm³/mol. The van der Waals surface area contributed by atoms with Crippen LogP contribution in [0, 0.1) is 0 Å². The molecule has 8 heteroatoms. The number of hydrogen-bond donors (Lipinski definition) is 3. The van der Waals surface area contributed by atoms with Crippen molar-refractivity contribution in [3.05, 3.63) is 54.1 Å². The van der Waals surface area contributed by atoms with Crippen LogP contribution in [0.2, 0.25) is 0 Å². The van der Waals surface area contributed by atoms with E-state index in [9.17, 15) is 19.5 Å². The number of rotatable bonds is 8. The zero-order valence-electron chi connectivity index (χ0n) is 17.6. The van der Waals surface area contributed by atoms with Crippen molar-refractivity contribution in [2.24, 2.45) is 0 Å². The molecule has 2 atom stereocenters. The van der Waals surface area contributed by atoms with Crippen LogP contribution in [-0.2, 0) is 20.8 Å². The minimum absolute atomic E-state index is 0.167. The Kier molecular flexibility index (Phi) is 7.25. The molecule has 3 N–H and O–H groups in total. The third-order valence-corrected chi connectivity index (χ3v) is 5.23.